The van der Waals surface area contributed by atoms with Crippen molar-refractivity contribution in [2.45, 2.75) is 25.9 Å². The van der Waals surface area contributed by atoms with Gasteiger partial charge in [0.15, 0.2) is 5.17 Å². The Morgan fingerprint density at radius 1 is 0.923 bits per heavy atom. The fourth-order valence-corrected chi connectivity index (χ4v) is 5.82. The molecule has 4 aromatic rings. The van der Waals surface area contributed by atoms with Gasteiger partial charge in [-0.05, 0) is 79.6 Å². The van der Waals surface area contributed by atoms with Crippen molar-refractivity contribution in [1.82, 2.24) is 14.7 Å². The van der Waals surface area contributed by atoms with E-state index in [0.717, 1.165) is 64.9 Å². The minimum atomic E-state index is -0.192. The van der Waals surface area contributed by atoms with Crippen LogP contribution in [0.1, 0.15) is 30.4 Å². The summed E-state index contributed by atoms with van der Waals surface area (Å²) in [5, 5.41) is 6.40. The maximum Gasteiger partial charge on any atom is 0.286 e. The fraction of sp³-hybridized carbons (Fsp3) is 0.194. The average Bonchev–Trinajstić information content (AvgIpc) is 3.57. The van der Waals surface area contributed by atoms with Gasteiger partial charge >= 0.3 is 0 Å². The summed E-state index contributed by atoms with van der Waals surface area (Å²) >= 11 is 7.72. The number of hydrogen-bond acceptors (Lipinski definition) is 5. The van der Waals surface area contributed by atoms with Crippen LogP contribution < -0.4 is 4.74 Å². The zero-order chi connectivity index (χ0) is 26.6. The topological polar surface area (TPSA) is 59.7 Å². The first-order valence-electron chi connectivity index (χ1n) is 13.0. The Hall–Kier alpha value is -3.81. The van der Waals surface area contributed by atoms with Crippen molar-refractivity contribution in [3.05, 3.63) is 106 Å². The van der Waals surface area contributed by atoms with Crippen molar-refractivity contribution in [3.8, 4) is 22.7 Å². The van der Waals surface area contributed by atoms with E-state index in [9.17, 15) is 4.79 Å². The first-order valence-corrected chi connectivity index (χ1v) is 14.2. The maximum atomic E-state index is 12.9. The predicted octanol–water partition coefficient (Wildman–Crippen LogP) is 7.23. The molecular weight excluding hydrogens is 528 g/mol. The van der Waals surface area contributed by atoms with Gasteiger partial charge in [-0.15, -0.1) is 0 Å². The molecule has 3 aromatic carbocycles. The second-order valence-electron chi connectivity index (χ2n) is 9.48. The number of piperidine rings is 1. The van der Waals surface area contributed by atoms with Gasteiger partial charge in [0.1, 0.15) is 12.4 Å². The molecule has 0 unspecified atom stereocenters. The Balaban J connectivity index is 1.27. The second-order valence-corrected chi connectivity index (χ2v) is 10.9. The number of para-hydroxylation sites is 1. The maximum absolute atomic E-state index is 12.9. The van der Waals surface area contributed by atoms with E-state index in [2.05, 4.69) is 9.89 Å². The van der Waals surface area contributed by atoms with Crippen LogP contribution in [0.25, 0.3) is 23.0 Å². The van der Waals surface area contributed by atoms with Crippen molar-refractivity contribution in [3.63, 3.8) is 0 Å². The minimum absolute atomic E-state index is 0.192. The number of likely N-dealkylation sites (tertiary alicyclic amines) is 1. The molecule has 1 fully saturated rings. The smallest absolute Gasteiger partial charge is 0.286 e. The van der Waals surface area contributed by atoms with E-state index in [1.165, 1.54) is 18.2 Å². The average molecular weight is 555 g/mol. The number of amidine groups is 1. The molecule has 8 heteroatoms. The van der Waals surface area contributed by atoms with Crippen LogP contribution in [0.15, 0.2) is 95.0 Å². The summed E-state index contributed by atoms with van der Waals surface area (Å²) in [4.78, 5) is 20.1. The Kier molecular flexibility index (Phi) is 7.52. The number of halogens is 1. The molecule has 1 saturated heterocycles. The molecule has 0 bridgehead atoms. The van der Waals surface area contributed by atoms with Crippen LogP contribution in [0.5, 0.6) is 5.75 Å². The van der Waals surface area contributed by atoms with Gasteiger partial charge in [0.2, 0.25) is 0 Å². The number of hydrogen-bond donors (Lipinski definition) is 0. The van der Waals surface area contributed by atoms with E-state index in [0.29, 0.717) is 16.5 Å². The summed E-state index contributed by atoms with van der Waals surface area (Å²) in [5.41, 5.74) is 4.44. The van der Waals surface area contributed by atoms with Gasteiger partial charge in [-0.2, -0.15) is 10.1 Å². The Labute approximate surface area is 237 Å². The van der Waals surface area contributed by atoms with Gasteiger partial charge in [-0.1, -0.05) is 48.0 Å². The van der Waals surface area contributed by atoms with E-state index >= 15 is 0 Å². The highest BCUT2D eigenvalue weighted by Crippen LogP contribution is 2.34. The number of aromatic nitrogens is 2. The molecular formula is C31H27ClN4O2S. The molecule has 0 saturated carbocycles. The molecule has 196 valence electrons. The predicted molar refractivity (Wildman–Crippen MR) is 158 cm³/mol. The number of aliphatic imine (C=N–C) groups is 1. The second kappa shape index (κ2) is 11.5. The molecule has 0 atom stereocenters. The molecule has 2 aliphatic heterocycles. The molecule has 6 rings (SSSR count). The zero-order valence-electron chi connectivity index (χ0n) is 21.3. The molecule has 2 aliphatic rings. The van der Waals surface area contributed by atoms with E-state index in [-0.39, 0.29) is 5.91 Å². The Bertz CT molecular complexity index is 1540. The molecule has 0 radical (unpaired) electrons. The monoisotopic (exact) mass is 554 g/mol. The lowest BCUT2D eigenvalue weighted by Crippen LogP contribution is -2.33. The van der Waals surface area contributed by atoms with Crippen LogP contribution in [0.3, 0.4) is 0 Å². The normalized spacial score (nSPS) is 16.5. The standard InChI is InChI=1S/C31H27ClN4O2S/c32-27-12-6-5-9-23(27)21-38-26-15-13-22(14-16-26)29-24(20-36(34-29)25-10-3-1-4-11-25)19-28-30(37)33-31(39-28)35-17-7-2-8-18-35/h1,3-6,9-16,19-20H,2,7-8,17-18,21H2. The summed E-state index contributed by atoms with van der Waals surface area (Å²) < 4.78 is 7.82. The van der Waals surface area contributed by atoms with Crippen LogP contribution >= 0.6 is 23.4 Å². The SMILES string of the molecule is O=C1N=C(N2CCCCC2)SC1=Cc1cn(-c2ccccc2)nc1-c1ccc(OCc2ccccc2Cl)cc1. The summed E-state index contributed by atoms with van der Waals surface area (Å²) in [7, 11) is 0. The van der Waals surface area contributed by atoms with Crippen molar-refractivity contribution in [1.29, 1.82) is 0 Å². The van der Waals surface area contributed by atoms with Crippen LogP contribution in [-0.2, 0) is 11.4 Å². The number of amides is 1. The number of carbonyl (C=O) groups is 1. The molecule has 3 heterocycles. The Morgan fingerprint density at radius 3 is 2.44 bits per heavy atom. The van der Waals surface area contributed by atoms with Crippen LogP contribution in [0.4, 0.5) is 0 Å². The Morgan fingerprint density at radius 2 is 1.67 bits per heavy atom. The molecule has 39 heavy (non-hydrogen) atoms. The lowest BCUT2D eigenvalue weighted by atomic mass is 10.1. The van der Waals surface area contributed by atoms with Crippen molar-refractivity contribution in [2.75, 3.05) is 13.1 Å². The fourth-order valence-electron chi connectivity index (χ4n) is 4.68. The van der Waals surface area contributed by atoms with Gasteiger partial charge in [0.25, 0.3) is 5.91 Å². The molecule has 6 nitrogen and oxygen atoms in total. The lowest BCUT2D eigenvalue weighted by molar-refractivity contribution is -0.113. The highest BCUT2D eigenvalue weighted by atomic mass is 35.5. The van der Waals surface area contributed by atoms with Gasteiger partial charge < -0.3 is 9.64 Å². The minimum Gasteiger partial charge on any atom is -0.489 e. The van der Waals surface area contributed by atoms with E-state index in [4.69, 9.17) is 21.4 Å². The van der Waals surface area contributed by atoms with Crippen molar-refractivity contribution < 1.29 is 9.53 Å². The summed E-state index contributed by atoms with van der Waals surface area (Å²) in [6.07, 6.45) is 7.39. The zero-order valence-corrected chi connectivity index (χ0v) is 22.9. The van der Waals surface area contributed by atoms with Crippen molar-refractivity contribution >= 4 is 40.5 Å². The van der Waals surface area contributed by atoms with Crippen LogP contribution in [-0.4, -0.2) is 38.8 Å². The number of thioether (sulfide) groups is 1. The van der Waals surface area contributed by atoms with Gasteiger partial charge in [-0.25, -0.2) is 4.68 Å². The molecule has 0 spiro atoms. The summed E-state index contributed by atoms with van der Waals surface area (Å²) in [6, 6.07) is 25.4. The first kappa shape index (κ1) is 25.5. The largest absolute Gasteiger partial charge is 0.489 e. The van der Waals surface area contributed by atoms with Gasteiger partial charge in [0.05, 0.1) is 16.3 Å². The van der Waals surface area contributed by atoms with Crippen molar-refractivity contribution in [2.24, 2.45) is 4.99 Å². The highest BCUT2D eigenvalue weighted by molar-refractivity contribution is 8.18. The molecule has 1 amide bonds. The van der Waals surface area contributed by atoms with E-state index in [1.54, 1.807) is 0 Å². The van der Waals surface area contributed by atoms with Gasteiger partial charge in [-0.3, -0.25) is 4.79 Å². The number of carbonyl (C=O) groups excluding carboxylic acids is 1. The quantitative estimate of drug-likeness (QED) is 0.235. The third-order valence-corrected chi connectivity index (χ3v) is 8.18. The summed E-state index contributed by atoms with van der Waals surface area (Å²) in [6.45, 7) is 2.29. The van der Waals surface area contributed by atoms with Crippen LogP contribution in [0, 0.1) is 0 Å². The number of benzene rings is 3. The van der Waals surface area contributed by atoms with Gasteiger partial charge in [0, 0.05) is 41.0 Å². The summed E-state index contributed by atoms with van der Waals surface area (Å²) in [5.74, 6) is 0.546. The van der Waals surface area contributed by atoms with Crippen LogP contribution in [0.2, 0.25) is 5.02 Å². The molecule has 1 aromatic heterocycles. The van der Waals surface area contributed by atoms with E-state index in [1.807, 2.05) is 95.8 Å². The highest BCUT2D eigenvalue weighted by Gasteiger charge is 2.27. The van der Waals surface area contributed by atoms with E-state index < -0.39 is 0 Å². The third kappa shape index (κ3) is 5.79. The lowest BCUT2D eigenvalue weighted by Gasteiger charge is -2.27. The molecule has 0 aliphatic carbocycles. The third-order valence-electron chi connectivity index (χ3n) is 6.77. The number of nitrogens with zero attached hydrogens (tertiary/aromatic N) is 4. The number of rotatable bonds is 6. The number of ether oxygens (including phenoxy) is 1. The molecule has 0 N–H and O–H groups in total. The first-order chi connectivity index (χ1) is 19.1.